The molecule has 2 rings (SSSR count). The molecule has 1 aromatic carbocycles. The summed E-state index contributed by atoms with van der Waals surface area (Å²) in [5, 5.41) is 17.9. The fraction of sp³-hybridized carbons (Fsp3) is 0.308. The number of carbonyl (C=O) groups excluding carboxylic acids is 1. The third-order valence-corrected chi connectivity index (χ3v) is 3.16. The van der Waals surface area contributed by atoms with Crippen molar-refractivity contribution < 1.29 is 24.6 Å². The maximum Gasteiger partial charge on any atom is 0.335 e. The molecular weight excluding hydrogens is 250 g/mol. The summed E-state index contributed by atoms with van der Waals surface area (Å²) in [7, 11) is 0. The van der Waals surface area contributed by atoms with Crippen molar-refractivity contribution in [2.75, 3.05) is 6.54 Å². The van der Waals surface area contributed by atoms with Crippen LogP contribution < -0.4 is 0 Å². The molecule has 0 aromatic heterocycles. The summed E-state index contributed by atoms with van der Waals surface area (Å²) in [6.07, 6.45) is 1.07. The average molecular weight is 263 g/mol. The lowest BCUT2D eigenvalue weighted by Gasteiger charge is -2.21. The van der Waals surface area contributed by atoms with E-state index >= 15 is 0 Å². The molecular formula is C13H13NO5. The van der Waals surface area contributed by atoms with Crippen LogP contribution in [0.2, 0.25) is 0 Å². The van der Waals surface area contributed by atoms with Crippen molar-refractivity contribution >= 4 is 17.8 Å². The highest BCUT2D eigenvalue weighted by atomic mass is 16.4. The monoisotopic (exact) mass is 263 g/mol. The largest absolute Gasteiger partial charge is 0.480 e. The Balaban J connectivity index is 2.26. The second-order valence-electron chi connectivity index (χ2n) is 4.38. The number of aromatic carboxylic acids is 1. The molecule has 0 aliphatic carbocycles. The summed E-state index contributed by atoms with van der Waals surface area (Å²) in [6.45, 7) is 0.382. The highest BCUT2D eigenvalue weighted by Gasteiger charge is 2.34. The van der Waals surface area contributed by atoms with E-state index in [1.165, 1.54) is 29.2 Å². The van der Waals surface area contributed by atoms with Crippen LogP contribution >= 0.6 is 0 Å². The summed E-state index contributed by atoms with van der Waals surface area (Å²) in [5.74, 6) is -2.58. The number of carboxylic acid groups (broad SMARTS) is 2. The van der Waals surface area contributed by atoms with Gasteiger partial charge in [0, 0.05) is 12.1 Å². The van der Waals surface area contributed by atoms with Crippen molar-refractivity contribution in [3.63, 3.8) is 0 Å². The first-order valence-electron chi connectivity index (χ1n) is 5.88. The van der Waals surface area contributed by atoms with Crippen LogP contribution in [0.4, 0.5) is 0 Å². The van der Waals surface area contributed by atoms with Crippen LogP contribution in [-0.2, 0) is 4.79 Å². The Labute approximate surface area is 109 Å². The topological polar surface area (TPSA) is 94.9 Å². The van der Waals surface area contributed by atoms with E-state index in [2.05, 4.69) is 0 Å². The molecule has 1 heterocycles. The molecule has 19 heavy (non-hydrogen) atoms. The van der Waals surface area contributed by atoms with Crippen molar-refractivity contribution in [1.29, 1.82) is 0 Å². The van der Waals surface area contributed by atoms with Gasteiger partial charge in [-0.1, -0.05) is 6.07 Å². The minimum atomic E-state index is -1.12. The number of carboxylic acids is 2. The van der Waals surface area contributed by atoms with E-state index in [0.717, 1.165) is 0 Å². The van der Waals surface area contributed by atoms with Crippen LogP contribution in [0, 0.1) is 0 Å². The Hall–Kier alpha value is -2.37. The minimum Gasteiger partial charge on any atom is -0.480 e. The molecule has 6 heteroatoms. The van der Waals surface area contributed by atoms with E-state index in [4.69, 9.17) is 10.2 Å². The fourth-order valence-electron chi connectivity index (χ4n) is 2.22. The number of rotatable bonds is 3. The van der Waals surface area contributed by atoms with Gasteiger partial charge < -0.3 is 15.1 Å². The van der Waals surface area contributed by atoms with Gasteiger partial charge in [-0.2, -0.15) is 0 Å². The van der Waals surface area contributed by atoms with Crippen molar-refractivity contribution in [2.45, 2.75) is 18.9 Å². The molecule has 1 saturated heterocycles. The Morgan fingerprint density at radius 3 is 2.47 bits per heavy atom. The summed E-state index contributed by atoms with van der Waals surface area (Å²) >= 11 is 0. The van der Waals surface area contributed by atoms with Gasteiger partial charge in [0.1, 0.15) is 6.04 Å². The van der Waals surface area contributed by atoms with Gasteiger partial charge in [0.05, 0.1) is 5.56 Å². The molecule has 0 saturated carbocycles. The smallest absolute Gasteiger partial charge is 0.335 e. The first-order chi connectivity index (χ1) is 9.00. The number of hydrogen-bond donors (Lipinski definition) is 2. The molecule has 0 spiro atoms. The van der Waals surface area contributed by atoms with Crippen LogP contribution in [-0.4, -0.2) is 45.5 Å². The van der Waals surface area contributed by atoms with Gasteiger partial charge in [-0.15, -0.1) is 0 Å². The lowest BCUT2D eigenvalue weighted by Crippen LogP contribution is -2.40. The van der Waals surface area contributed by atoms with E-state index in [0.29, 0.717) is 19.4 Å². The zero-order valence-corrected chi connectivity index (χ0v) is 10.1. The molecule has 0 bridgehead atoms. The Kier molecular flexibility index (Phi) is 3.50. The first kappa shape index (κ1) is 13.1. The lowest BCUT2D eigenvalue weighted by atomic mass is 10.1. The molecule has 100 valence electrons. The Bertz CT molecular complexity index is 540. The molecule has 1 aliphatic heterocycles. The van der Waals surface area contributed by atoms with Crippen LogP contribution in [0.15, 0.2) is 24.3 Å². The second kappa shape index (κ2) is 5.09. The van der Waals surface area contributed by atoms with Gasteiger partial charge in [0.15, 0.2) is 0 Å². The van der Waals surface area contributed by atoms with Gasteiger partial charge in [-0.25, -0.2) is 9.59 Å². The van der Waals surface area contributed by atoms with E-state index in [1.807, 2.05) is 0 Å². The predicted octanol–water partition coefficient (Wildman–Crippen LogP) is 1.07. The fourth-order valence-corrected chi connectivity index (χ4v) is 2.22. The maximum absolute atomic E-state index is 12.2. The third kappa shape index (κ3) is 2.57. The van der Waals surface area contributed by atoms with Gasteiger partial charge in [-0.05, 0) is 31.0 Å². The first-order valence-corrected chi connectivity index (χ1v) is 5.88. The molecule has 2 N–H and O–H groups in total. The number of benzene rings is 1. The standard InChI is InChI=1S/C13H13NO5/c15-11(14-6-2-5-10(14)13(18)19)8-3-1-4-9(7-8)12(16)17/h1,3-4,7,10H,2,5-6H2,(H,16,17)(H,18,19)/t10-/m0/s1. The van der Waals surface area contributed by atoms with E-state index in [1.54, 1.807) is 0 Å². The van der Waals surface area contributed by atoms with E-state index in [-0.39, 0.29) is 11.1 Å². The van der Waals surface area contributed by atoms with Crippen LogP contribution in [0.25, 0.3) is 0 Å². The average Bonchev–Trinajstić information content (AvgIpc) is 2.87. The second-order valence-corrected chi connectivity index (χ2v) is 4.38. The van der Waals surface area contributed by atoms with E-state index < -0.39 is 23.9 Å². The van der Waals surface area contributed by atoms with Gasteiger partial charge in [-0.3, -0.25) is 4.79 Å². The van der Waals surface area contributed by atoms with Crippen LogP contribution in [0.1, 0.15) is 33.6 Å². The zero-order chi connectivity index (χ0) is 14.0. The minimum absolute atomic E-state index is 0.0110. The summed E-state index contributed by atoms with van der Waals surface area (Å²) in [4.78, 5) is 35.4. The lowest BCUT2D eigenvalue weighted by molar-refractivity contribution is -0.141. The van der Waals surface area contributed by atoms with Crippen molar-refractivity contribution in [1.82, 2.24) is 4.90 Å². The summed E-state index contributed by atoms with van der Waals surface area (Å²) < 4.78 is 0. The molecule has 0 radical (unpaired) electrons. The van der Waals surface area contributed by atoms with Crippen LogP contribution in [0.3, 0.4) is 0 Å². The normalized spacial score (nSPS) is 18.3. The predicted molar refractivity (Wildman–Crippen MR) is 65.1 cm³/mol. The van der Waals surface area contributed by atoms with Gasteiger partial charge >= 0.3 is 11.9 Å². The number of nitrogens with zero attached hydrogens (tertiary/aromatic N) is 1. The maximum atomic E-state index is 12.2. The molecule has 1 amide bonds. The van der Waals surface area contributed by atoms with Crippen molar-refractivity contribution in [3.05, 3.63) is 35.4 Å². The Morgan fingerprint density at radius 1 is 1.16 bits per heavy atom. The summed E-state index contributed by atoms with van der Waals surface area (Å²) in [5.41, 5.74) is 0.213. The SMILES string of the molecule is O=C(O)c1cccc(C(=O)N2CCC[C@H]2C(=O)O)c1. The zero-order valence-electron chi connectivity index (χ0n) is 10.1. The van der Waals surface area contributed by atoms with Crippen LogP contribution in [0.5, 0.6) is 0 Å². The van der Waals surface area contributed by atoms with Gasteiger partial charge in [0.2, 0.25) is 0 Å². The molecule has 0 unspecified atom stereocenters. The molecule has 6 nitrogen and oxygen atoms in total. The highest BCUT2D eigenvalue weighted by molar-refractivity contribution is 5.99. The third-order valence-electron chi connectivity index (χ3n) is 3.16. The molecule has 1 aromatic rings. The highest BCUT2D eigenvalue weighted by Crippen LogP contribution is 2.20. The number of likely N-dealkylation sites (tertiary alicyclic amines) is 1. The van der Waals surface area contributed by atoms with Crippen molar-refractivity contribution in [2.24, 2.45) is 0 Å². The molecule has 1 atom stereocenters. The number of carbonyl (C=O) groups is 3. The van der Waals surface area contributed by atoms with Crippen molar-refractivity contribution in [3.8, 4) is 0 Å². The summed E-state index contributed by atoms with van der Waals surface area (Å²) in [6, 6.07) is 4.80. The number of hydrogen-bond acceptors (Lipinski definition) is 3. The van der Waals surface area contributed by atoms with Gasteiger partial charge in [0.25, 0.3) is 5.91 Å². The number of aliphatic carboxylic acids is 1. The molecule has 1 fully saturated rings. The quantitative estimate of drug-likeness (QED) is 0.850. The Morgan fingerprint density at radius 2 is 1.84 bits per heavy atom. The van der Waals surface area contributed by atoms with E-state index in [9.17, 15) is 14.4 Å². The number of amides is 1. The molecule has 1 aliphatic rings.